The van der Waals surface area contributed by atoms with Crippen molar-refractivity contribution in [2.45, 2.75) is 58.2 Å². The quantitative estimate of drug-likeness (QED) is 0.726. The van der Waals surface area contributed by atoms with Crippen LogP contribution in [0.4, 0.5) is 0 Å². The van der Waals surface area contributed by atoms with Crippen LogP contribution in [0.2, 0.25) is 0 Å². The fraction of sp³-hybridized carbons (Fsp3) is 0.778. The highest BCUT2D eigenvalue weighted by Crippen LogP contribution is 2.15. The number of nitrogens with zero attached hydrogens (tertiary/aromatic N) is 4. The van der Waals surface area contributed by atoms with Crippen LogP contribution in [0.3, 0.4) is 0 Å². The van der Waals surface area contributed by atoms with E-state index in [0.717, 1.165) is 31.9 Å². The van der Waals surface area contributed by atoms with Gasteiger partial charge in [0.2, 0.25) is 5.91 Å². The summed E-state index contributed by atoms with van der Waals surface area (Å²) in [6.07, 6.45) is 7.50. The first-order valence-electron chi connectivity index (χ1n) is 9.03. The minimum atomic E-state index is 0.238. The average Bonchev–Trinajstić information content (AvgIpc) is 2.99. The molecule has 0 radical (unpaired) electrons. The summed E-state index contributed by atoms with van der Waals surface area (Å²) in [6, 6.07) is 0.484. The van der Waals surface area contributed by atoms with Gasteiger partial charge >= 0.3 is 0 Å². The fourth-order valence-corrected chi connectivity index (χ4v) is 3.14. The van der Waals surface area contributed by atoms with Gasteiger partial charge in [0.1, 0.15) is 5.82 Å². The molecule has 0 bridgehead atoms. The summed E-state index contributed by atoms with van der Waals surface area (Å²) in [7, 11) is 4.18. The number of carbonyl (C=O) groups excluding carboxylic acids is 1. The summed E-state index contributed by atoms with van der Waals surface area (Å²) in [5.74, 6) is 1.21. The van der Waals surface area contributed by atoms with Crippen LogP contribution in [0.5, 0.6) is 0 Å². The summed E-state index contributed by atoms with van der Waals surface area (Å²) < 4.78 is 7.69. The monoisotopic (exact) mass is 336 g/mol. The van der Waals surface area contributed by atoms with E-state index in [1.807, 2.05) is 24.9 Å². The van der Waals surface area contributed by atoms with Gasteiger partial charge in [0.05, 0.1) is 12.7 Å². The lowest BCUT2D eigenvalue weighted by Gasteiger charge is -2.36. The number of aryl methyl sites for hydroxylation is 1. The molecule has 1 aromatic rings. The topological polar surface area (TPSA) is 50.6 Å². The Balaban J connectivity index is 1.80. The Morgan fingerprint density at radius 2 is 2.25 bits per heavy atom. The summed E-state index contributed by atoms with van der Waals surface area (Å²) in [4.78, 5) is 21.2. The van der Waals surface area contributed by atoms with Gasteiger partial charge in [-0.1, -0.05) is 0 Å². The number of amides is 1. The highest BCUT2D eigenvalue weighted by molar-refractivity contribution is 5.76. The molecule has 0 aromatic carbocycles. The molecule has 1 fully saturated rings. The predicted molar refractivity (Wildman–Crippen MR) is 94.9 cm³/mol. The second kappa shape index (κ2) is 9.18. The Kier molecular flexibility index (Phi) is 7.24. The summed E-state index contributed by atoms with van der Waals surface area (Å²) >= 11 is 0. The summed E-state index contributed by atoms with van der Waals surface area (Å²) in [6.45, 7) is 7.27. The molecule has 0 aliphatic carbocycles. The first kappa shape index (κ1) is 18.9. The van der Waals surface area contributed by atoms with E-state index in [0.29, 0.717) is 25.5 Å². The van der Waals surface area contributed by atoms with Gasteiger partial charge in [0.25, 0.3) is 0 Å². The minimum Gasteiger partial charge on any atom is -0.377 e. The second-order valence-corrected chi connectivity index (χ2v) is 7.06. The number of carbonyl (C=O) groups is 1. The van der Waals surface area contributed by atoms with Gasteiger partial charge in [0, 0.05) is 50.9 Å². The highest BCUT2D eigenvalue weighted by Gasteiger charge is 2.24. The van der Waals surface area contributed by atoms with Crippen LogP contribution in [-0.4, -0.2) is 71.2 Å². The van der Waals surface area contributed by atoms with Crippen molar-refractivity contribution in [1.29, 1.82) is 0 Å². The van der Waals surface area contributed by atoms with Crippen molar-refractivity contribution in [2.24, 2.45) is 0 Å². The smallest absolute Gasteiger partial charge is 0.223 e. The van der Waals surface area contributed by atoms with Crippen molar-refractivity contribution >= 4 is 5.91 Å². The lowest BCUT2D eigenvalue weighted by molar-refractivity contribution is -0.133. The van der Waals surface area contributed by atoms with Crippen LogP contribution < -0.4 is 0 Å². The maximum Gasteiger partial charge on any atom is 0.223 e. The predicted octanol–water partition coefficient (Wildman–Crippen LogP) is 1.79. The normalized spacial score (nSPS) is 18.6. The molecule has 1 atom stereocenters. The number of rotatable bonds is 8. The molecule has 1 aliphatic heterocycles. The van der Waals surface area contributed by atoms with Gasteiger partial charge in [-0.3, -0.25) is 4.79 Å². The Morgan fingerprint density at radius 1 is 1.46 bits per heavy atom. The fourth-order valence-electron chi connectivity index (χ4n) is 3.14. The van der Waals surface area contributed by atoms with E-state index in [1.54, 1.807) is 6.20 Å². The number of ether oxygens (including phenoxy) is 1. The third-order valence-electron chi connectivity index (χ3n) is 4.63. The van der Waals surface area contributed by atoms with Gasteiger partial charge < -0.3 is 19.1 Å². The lowest BCUT2D eigenvalue weighted by atomic mass is 10.0. The van der Waals surface area contributed by atoms with Crippen molar-refractivity contribution in [2.75, 3.05) is 33.8 Å². The third-order valence-corrected chi connectivity index (χ3v) is 4.63. The van der Waals surface area contributed by atoms with E-state index in [2.05, 4.69) is 28.5 Å². The van der Waals surface area contributed by atoms with E-state index in [4.69, 9.17) is 4.74 Å². The van der Waals surface area contributed by atoms with Gasteiger partial charge in [0.15, 0.2) is 0 Å². The Morgan fingerprint density at radius 3 is 2.96 bits per heavy atom. The maximum absolute atomic E-state index is 12.5. The van der Waals surface area contributed by atoms with Gasteiger partial charge in [-0.05, 0) is 40.8 Å². The SMILES string of the molecule is CC(C)OCCn1ccnc1CCC(=O)N1CCC[C@H](N(C)C)C1. The number of likely N-dealkylation sites (tertiary alicyclic amines) is 1. The van der Waals surface area contributed by atoms with E-state index in [9.17, 15) is 4.79 Å². The molecule has 24 heavy (non-hydrogen) atoms. The van der Waals surface area contributed by atoms with Gasteiger partial charge in [-0.25, -0.2) is 4.98 Å². The van der Waals surface area contributed by atoms with Crippen molar-refractivity contribution < 1.29 is 9.53 Å². The Hall–Kier alpha value is -1.40. The molecule has 1 aromatic heterocycles. The molecular formula is C18H32N4O2. The molecule has 1 saturated heterocycles. The number of imidazole rings is 1. The zero-order valence-corrected chi connectivity index (χ0v) is 15.6. The van der Waals surface area contributed by atoms with E-state index in [-0.39, 0.29) is 12.0 Å². The number of hydrogen-bond donors (Lipinski definition) is 0. The second-order valence-electron chi connectivity index (χ2n) is 7.06. The van der Waals surface area contributed by atoms with Crippen molar-refractivity contribution in [3.63, 3.8) is 0 Å². The van der Waals surface area contributed by atoms with Crippen LogP contribution in [-0.2, 0) is 22.5 Å². The Bertz CT molecular complexity index is 513. The molecular weight excluding hydrogens is 304 g/mol. The standard InChI is InChI=1S/C18H32N4O2/c1-15(2)24-13-12-21-11-9-19-17(21)7-8-18(23)22-10-5-6-16(14-22)20(3)4/h9,11,15-16H,5-8,10,12-14H2,1-4H3/t16-/m0/s1. The van der Waals surface area contributed by atoms with Crippen molar-refractivity contribution in [1.82, 2.24) is 19.4 Å². The first-order chi connectivity index (χ1) is 11.5. The van der Waals surface area contributed by atoms with E-state index in [1.165, 1.54) is 6.42 Å². The average molecular weight is 336 g/mol. The van der Waals surface area contributed by atoms with Gasteiger partial charge in [-0.15, -0.1) is 0 Å². The third kappa shape index (κ3) is 5.60. The Labute approximate surface area is 145 Å². The molecule has 0 saturated carbocycles. The van der Waals surface area contributed by atoms with Crippen LogP contribution in [0, 0.1) is 0 Å². The molecule has 1 amide bonds. The molecule has 6 heteroatoms. The molecule has 136 valence electrons. The van der Waals surface area contributed by atoms with E-state index >= 15 is 0 Å². The van der Waals surface area contributed by atoms with E-state index < -0.39 is 0 Å². The number of hydrogen-bond acceptors (Lipinski definition) is 4. The number of piperidine rings is 1. The molecule has 1 aliphatic rings. The van der Waals surface area contributed by atoms with Crippen LogP contribution >= 0.6 is 0 Å². The molecule has 0 unspecified atom stereocenters. The minimum absolute atomic E-state index is 0.238. The molecule has 0 N–H and O–H groups in total. The van der Waals surface area contributed by atoms with Crippen molar-refractivity contribution in [3.05, 3.63) is 18.2 Å². The maximum atomic E-state index is 12.5. The zero-order valence-electron chi connectivity index (χ0n) is 15.6. The number of aromatic nitrogens is 2. The molecule has 2 heterocycles. The lowest BCUT2D eigenvalue weighted by Crippen LogP contribution is -2.47. The van der Waals surface area contributed by atoms with Crippen LogP contribution in [0.25, 0.3) is 0 Å². The molecule has 2 rings (SSSR count). The van der Waals surface area contributed by atoms with Gasteiger partial charge in [-0.2, -0.15) is 0 Å². The zero-order chi connectivity index (χ0) is 17.5. The molecule has 0 spiro atoms. The number of likely N-dealkylation sites (N-methyl/N-ethyl adjacent to an activating group) is 1. The highest BCUT2D eigenvalue weighted by atomic mass is 16.5. The molecule has 6 nitrogen and oxygen atoms in total. The largest absolute Gasteiger partial charge is 0.377 e. The van der Waals surface area contributed by atoms with Crippen molar-refractivity contribution in [3.8, 4) is 0 Å². The van der Waals surface area contributed by atoms with Crippen LogP contribution in [0.15, 0.2) is 12.4 Å². The van der Waals surface area contributed by atoms with Crippen LogP contribution in [0.1, 0.15) is 38.9 Å². The summed E-state index contributed by atoms with van der Waals surface area (Å²) in [5, 5.41) is 0. The first-order valence-corrected chi connectivity index (χ1v) is 9.03. The summed E-state index contributed by atoms with van der Waals surface area (Å²) in [5.41, 5.74) is 0.